The van der Waals surface area contributed by atoms with Crippen molar-refractivity contribution in [1.82, 2.24) is 4.72 Å². The first kappa shape index (κ1) is 13.2. The summed E-state index contributed by atoms with van der Waals surface area (Å²) in [6, 6.07) is 7.52. The van der Waals surface area contributed by atoms with Crippen molar-refractivity contribution in [3.8, 4) is 0 Å². The molecule has 0 amide bonds. The molecule has 1 heterocycles. The van der Waals surface area contributed by atoms with Crippen molar-refractivity contribution in [1.29, 1.82) is 0 Å². The number of hydrogen-bond acceptors (Lipinski definition) is 3. The summed E-state index contributed by atoms with van der Waals surface area (Å²) in [5, 5.41) is 0. The Bertz CT molecular complexity index is 496. The summed E-state index contributed by atoms with van der Waals surface area (Å²) in [4.78, 5) is 2.29. The molecule has 1 aliphatic heterocycles. The minimum absolute atomic E-state index is 0.590. The Morgan fingerprint density at radius 3 is 2.56 bits per heavy atom. The van der Waals surface area contributed by atoms with Crippen LogP contribution in [-0.2, 0) is 10.2 Å². The molecule has 100 valence electrons. The second kappa shape index (κ2) is 5.58. The Labute approximate surface area is 108 Å². The smallest absolute Gasteiger partial charge is 0.298 e. The highest BCUT2D eigenvalue weighted by Gasteiger charge is 2.12. The van der Waals surface area contributed by atoms with Crippen LogP contribution in [0.25, 0.3) is 0 Å². The molecule has 1 aliphatic rings. The Kier molecular flexibility index (Phi) is 4.08. The zero-order chi connectivity index (χ0) is 13.0. The quantitative estimate of drug-likeness (QED) is 0.872. The topological polar surface area (TPSA) is 61.4 Å². The Morgan fingerprint density at radius 1 is 1.17 bits per heavy atom. The molecule has 1 aromatic rings. The molecule has 18 heavy (non-hydrogen) atoms. The van der Waals surface area contributed by atoms with Crippen LogP contribution in [0.2, 0.25) is 0 Å². The van der Waals surface area contributed by atoms with Crippen LogP contribution in [0.5, 0.6) is 0 Å². The van der Waals surface area contributed by atoms with Crippen molar-refractivity contribution in [3.63, 3.8) is 0 Å². The van der Waals surface area contributed by atoms with Crippen molar-refractivity contribution in [2.45, 2.75) is 19.3 Å². The van der Waals surface area contributed by atoms with Crippen molar-refractivity contribution in [2.75, 3.05) is 29.8 Å². The number of anilines is 2. The third-order valence-corrected chi connectivity index (χ3v) is 4.13. The highest BCUT2D eigenvalue weighted by Crippen LogP contribution is 2.23. The first-order chi connectivity index (χ1) is 8.61. The van der Waals surface area contributed by atoms with Gasteiger partial charge in [-0.1, -0.05) is 6.07 Å². The standard InChI is InChI=1S/C12H19N3O2S/c1-13-18(16,17)14-11-6-5-7-12(10-11)15-8-3-2-4-9-15/h5-7,10,13-14H,2-4,8-9H2,1H3. The molecule has 0 aliphatic carbocycles. The fourth-order valence-corrected chi connectivity index (χ4v) is 2.66. The molecule has 1 saturated heterocycles. The summed E-state index contributed by atoms with van der Waals surface area (Å²) in [5.41, 5.74) is 1.67. The summed E-state index contributed by atoms with van der Waals surface area (Å²) < 4.78 is 27.6. The first-order valence-electron chi connectivity index (χ1n) is 6.17. The summed E-state index contributed by atoms with van der Waals surface area (Å²) >= 11 is 0. The van der Waals surface area contributed by atoms with E-state index in [1.54, 1.807) is 6.07 Å². The van der Waals surface area contributed by atoms with Crippen LogP contribution in [0.1, 0.15) is 19.3 Å². The fourth-order valence-electron chi connectivity index (χ4n) is 2.12. The molecule has 0 aromatic heterocycles. The van der Waals surface area contributed by atoms with Gasteiger partial charge in [-0.3, -0.25) is 4.72 Å². The van der Waals surface area contributed by atoms with Crippen molar-refractivity contribution < 1.29 is 8.42 Å². The fraction of sp³-hybridized carbons (Fsp3) is 0.500. The molecule has 1 fully saturated rings. The lowest BCUT2D eigenvalue weighted by Crippen LogP contribution is -2.29. The van der Waals surface area contributed by atoms with E-state index in [1.165, 1.54) is 26.3 Å². The van der Waals surface area contributed by atoms with Gasteiger partial charge in [0, 0.05) is 25.8 Å². The number of nitrogens with zero attached hydrogens (tertiary/aromatic N) is 1. The van der Waals surface area contributed by atoms with Crippen LogP contribution >= 0.6 is 0 Å². The molecule has 6 heteroatoms. The number of rotatable bonds is 4. The first-order valence-corrected chi connectivity index (χ1v) is 7.65. The summed E-state index contributed by atoms with van der Waals surface area (Å²) in [5.74, 6) is 0. The molecule has 0 atom stereocenters. The van der Waals surface area contributed by atoms with Gasteiger partial charge in [-0.15, -0.1) is 0 Å². The molecule has 0 unspecified atom stereocenters. The Morgan fingerprint density at radius 2 is 1.89 bits per heavy atom. The van der Waals surface area contributed by atoms with Crippen LogP contribution < -0.4 is 14.3 Å². The number of piperidine rings is 1. The van der Waals surface area contributed by atoms with Crippen LogP contribution in [0.3, 0.4) is 0 Å². The zero-order valence-corrected chi connectivity index (χ0v) is 11.3. The zero-order valence-electron chi connectivity index (χ0n) is 10.5. The van der Waals surface area contributed by atoms with E-state index >= 15 is 0 Å². The molecular weight excluding hydrogens is 250 g/mol. The molecular formula is C12H19N3O2S. The van der Waals surface area contributed by atoms with E-state index in [-0.39, 0.29) is 0 Å². The van der Waals surface area contributed by atoms with Crippen molar-refractivity contribution in [2.24, 2.45) is 0 Å². The summed E-state index contributed by atoms with van der Waals surface area (Å²) in [7, 11) is -2.05. The molecule has 0 radical (unpaired) electrons. The van der Waals surface area contributed by atoms with Gasteiger partial charge in [0.05, 0.1) is 5.69 Å². The third kappa shape index (κ3) is 3.36. The summed E-state index contributed by atoms with van der Waals surface area (Å²) in [6.45, 7) is 2.09. The third-order valence-electron chi connectivity index (χ3n) is 3.09. The highest BCUT2D eigenvalue weighted by atomic mass is 32.2. The maximum absolute atomic E-state index is 11.4. The van der Waals surface area contributed by atoms with Crippen LogP contribution in [0.15, 0.2) is 24.3 Å². The predicted molar refractivity (Wildman–Crippen MR) is 74.1 cm³/mol. The molecule has 1 aromatic carbocycles. The van der Waals surface area contributed by atoms with Gasteiger partial charge < -0.3 is 4.90 Å². The number of nitrogens with one attached hydrogen (secondary N) is 2. The van der Waals surface area contributed by atoms with Gasteiger partial charge in [-0.25, -0.2) is 4.72 Å². The second-order valence-corrected chi connectivity index (χ2v) is 6.03. The van der Waals surface area contributed by atoms with E-state index in [9.17, 15) is 8.42 Å². The molecule has 2 rings (SSSR count). The van der Waals surface area contributed by atoms with Gasteiger partial charge in [0.2, 0.25) is 0 Å². The van der Waals surface area contributed by atoms with Gasteiger partial charge in [0.25, 0.3) is 10.2 Å². The Balaban J connectivity index is 2.14. The van der Waals surface area contributed by atoms with E-state index in [0.717, 1.165) is 18.8 Å². The molecule has 0 saturated carbocycles. The average molecular weight is 269 g/mol. The SMILES string of the molecule is CNS(=O)(=O)Nc1cccc(N2CCCCC2)c1. The molecule has 0 spiro atoms. The van der Waals surface area contributed by atoms with Crippen LogP contribution in [-0.4, -0.2) is 28.6 Å². The average Bonchev–Trinajstić information content (AvgIpc) is 2.40. The van der Waals surface area contributed by atoms with E-state index in [4.69, 9.17) is 0 Å². The van der Waals surface area contributed by atoms with Gasteiger partial charge in [0.15, 0.2) is 0 Å². The van der Waals surface area contributed by atoms with Gasteiger partial charge >= 0.3 is 0 Å². The predicted octanol–water partition coefficient (Wildman–Crippen LogP) is 1.55. The lowest BCUT2D eigenvalue weighted by Gasteiger charge is -2.29. The maximum atomic E-state index is 11.4. The van der Waals surface area contributed by atoms with Gasteiger partial charge in [0.1, 0.15) is 0 Å². The largest absolute Gasteiger partial charge is 0.371 e. The van der Waals surface area contributed by atoms with Gasteiger partial charge in [-0.2, -0.15) is 8.42 Å². The number of benzene rings is 1. The second-order valence-electron chi connectivity index (χ2n) is 4.41. The molecule has 5 nitrogen and oxygen atoms in total. The Hall–Kier alpha value is -1.27. The molecule has 0 bridgehead atoms. The highest BCUT2D eigenvalue weighted by molar-refractivity contribution is 7.90. The van der Waals surface area contributed by atoms with Crippen LogP contribution in [0, 0.1) is 0 Å². The summed E-state index contributed by atoms with van der Waals surface area (Å²) in [6.07, 6.45) is 3.68. The van der Waals surface area contributed by atoms with E-state index < -0.39 is 10.2 Å². The minimum Gasteiger partial charge on any atom is -0.371 e. The van der Waals surface area contributed by atoms with Crippen molar-refractivity contribution in [3.05, 3.63) is 24.3 Å². The maximum Gasteiger partial charge on any atom is 0.298 e. The van der Waals surface area contributed by atoms with E-state index in [0.29, 0.717) is 5.69 Å². The number of hydrogen-bond donors (Lipinski definition) is 2. The molecule has 2 N–H and O–H groups in total. The lowest BCUT2D eigenvalue weighted by atomic mass is 10.1. The normalized spacial score (nSPS) is 16.6. The monoisotopic (exact) mass is 269 g/mol. The van der Waals surface area contributed by atoms with Crippen molar-refractivity contribution >= 4 is 21.6 Å². The lowest BCUT2D eigenvalue weighted by molar-refractivity contribution is 0.578. The van der Waals surface area contributed by atoms with Crippen LogP contribution in [0.4, 0.5) is 11.4 Å². The minimum atomic E-state index is -3.44. The van der Waals surface area contributed by atoms with E-state index in [2.05, 4.69) is 14.3 Å². The van der Waals surface area contributed by atoms with E-state index in [1.807, 2.05) is 18.2 Å². The van der Waals surface area contributed by atoms with Gasteiger partial charge in [-0.05, 0) is 37.5 Å².